The smallest absolute Gasteiger partial charge is 0.248 e. The van der Waals surface area contributed by atoms with Crippen LogP contribution in [0.3, 0.4) is 0 Å². The molecule has 2 aromatic heterocycles. The molecular weight excluding hydrogens is 334 g/mol. The van der Waals surface area contributed by atoms with E-state index in [4.69, 9.17) is 13.7 Å². The molecule has 26 heavy (non-hydrogen) atoms. The summed E-state index contributed by atoms with van der Waals surface area (Å²) < 4.78 is 15.9. The van der Waals surface area contributed by atoms with Crippen molar-refractivity contribution in [1.29, 1.82) is 0 Å². The monoisotopic (exact) mass is 355 g/mol. The van der Waals surface area contributed by atoms with E-state index in [-0.39, 0.29) is 5.91 Å². The molecule has 0 saturated carbocycles. The van der Waals surface area contributed by atoms with Gasteiger partial charge in [0.15, 0.2) is 0 Å². The first-order valence-electron chi connectivity index (χ1n) is 8.30. The fourth-order valence-electron chi connectivity index (χ4n) is 2.38. The number of amides is 1. The van der Waals surface area contributed by atoms with E-state index in [1.54, 1.807) is 26.2 Å². The molecule has 0 aliphatic carbocycles. The summed E-state index contributed by atoms with van der Waals surface area (Å²) in [5.41, 5.74) is 2.55. The summed E-state index contributed by atoms with van der Waals surface area (Å²) >= 11 is 0. The van der Waals surface area contributed by atoms with Gasteiger partial charge in [0.1, 0.15) is 18.4 Å². The molecule has 0 bridgehead atoms. The molecule has 0 aliphatic heterocycles. The molecule has 1 aromatic carbocycles. The van der Waals surface area contributed by atoms with Gasteiger partial charge >= 0.3 is 0 Å². The van der Waals surface area contributed by atoms with E-state index < -0.39 is 6.04 Å². The van der Waals surface area contributed by atoms with Crippen molar-refractivity contribution in [2.75, 3.05) is 10.6 Å². The number of anilines is 2. The molecule has 0 saturated heterocycles. The topological polar surface area (TPSA) is 89.5 Å². The zero-order valence-electron chi connectivity index (χ0n) is 14.7. The van der Waals surface area contributed by atoms with Crippen LogP contribution in [0, 0.1) is 6.92 Å². The molecule has 1 atom stereocenters. The van der Waals surface area contributed by atoms with Gasteiger partial charge in [0.25, 0.3) is 0 Å². The minimum absolute atomic E-state index is 0.208. The van der Waals surface area contributed by atoms with Crippen LogP contribution in [-0.2, 0) is 22.7 Å². The van der Waals surface area contributed by atoms with Gasteiger partial charge in [-0.25, -0.2) is 0 Å². The number of nitrogens with one attached hydrogen (secondary N) is 2. The highest BCUT2D eigenvalue weighted by molar-refractivity contribution is 5.95. The molecule has 2 N–H and O–H groups in total. The molecule has 0 aliphatic rings. The molecule has 7 nitrogen and oxygen atoms in total. The van der Waals surface area contributed by atoms with Crippen LogP contribution >= 0.6 is 0 Å². The number of carbonyl (C=O) groups excluding carboxylic acids is 1. The zero-order chi connectivity index (χ0) is 18.4. The minimum Gasteiger partial charge on any atom is -0.467 e. The van der Waals surface area contributed by atoms with Gasteiger partial charge in [-0.2, -0.15) is 0 Å². The number of aryl methyl sites for hydroxylation is 1. The lowest BCUT2D eigenvalue weighted by atomic mass is 10.2. The summed E-state index contributed by atoms with van der Waals surface area (Å²) in [6, 6.07) is 12.7. The first kappa shape index (κ1) is 17.8. The Hall–Kier alpha value is -3.06. The Morgan fingerprint density at radius 3 is 2.85 bits per heavy atom. The number of benzene rings is 1. The second-order valence-electron chi connectivity index (χ2n) is 5.96. The second kappa shape index (κ2) is 8.35. The third-order valence-corrected chi connectivity index (χ3v) is 3.67. The largest absolute Gasteiger partial charge is 0.467 e. The maximum absolute atomic E-state index is 12.2. The summed E-state index contributed by atoms with van der Waals surface area (Å²) in [4.78, 5) is 12.2. The Labute approximate surface area is 151 Å². The highest BCUT2D eigenvalue weighted by Gasteiger charge is 2.15. The number of carbonyl (C=O) groups is 1. The highest BCUT2D eigenvalue weighted by atomic mass is 16.5. The molecule has 3 rings (SSSR count). The van der Waals surface area contributed by atoms with Gasteiger partial charge in [-0.3, -0.25) is 10.1 Å². The van der Waals surface area contributed by atoms with E-state index >= 15 is 0 Å². The zero-order valence-corrected chi connectivity index (χ0v) is 14.7. The van der Waals surface area contributed by atoms with E-state index in [9.17, 15) is 4.79 Å². The van der Waals surface area contributed by atoms with Crippen molar-refractivity contribution in [2.45, 2.75) is 33.1 Å². The Morgan fingerprint density at radius 1 is 1.23 bits per heavy atom. The van der Waals surface area contributed by atoms with Crippen molar-refractivity contribution in [3.8, 4) is 0 Å². The lowest BCUT2D eigenvalue weighted by Crippen LogP contribution is -2.31. The van der Waals surface area contributed by atoms with Crippen LogP contribution < -0.4 is 10.6 Å². The second-order valence-corrected chi connectivity index (χ2v) is 5.96. The molecule has 0 radical (unpaired) electrons. The number of hydrogen-bond donors (Lipinski definition) is 2. The number of hydrogen-bond acceptors (Lipinski definition) is 6. The van der Waals surface area contributed by atoms with E-state index in [1.807, 2.05) is 36.4 Å². The van der Waals surface area contributed by atoms with Gasteiger partial charge in [-0.05, 0) is 43.7 Å². The Balaban J connectivity index is 1.51. The predicted molar refractivity (Wildman–Crippen MR) is 96.6 cm³/mol. The number of rotatable bonds is 8. The van der Waals surface area contributed by atoms with Crippen LogP contribution in [0.2, 0.25) is 0 Å². The molecule has 7 heteroatoms. The van der Waals surface area contributed by atoms with Crippen molar-refractivity contribution in [1.82, 2.24) is 5.16 Å². The quantitative estimate of drug-likeness (QED) is 0.640. The fraction of sp³-hybridized carbons (Fsp3) is 0.263. The van der Waals surface area contributed by atoms with Crippen LogP contribution in [-0.4, -0.2) is 17.1 Å². The van der Waals surface area contributed by atoms with Crippen LogP contribution in [0.1, 0.15) is 23.9 Å². The minimum atomic E-state index is -0.445. The van der Waals surface area contributed by atoms with Crippen molar-refractivity contribution in [2.24, 2.45) is 0 Å². The van der Waals surface area contributed by atoms with Gasteiger partial charge < -0.3 is 19.0 Å². The van der Waals surface area contributed by atoms with E-state index in [0.29, 0.717) is 24.8 Å². The number of aromatic nitrogens is 1. The van der Waals surface area contributed by atoms with Crippen molar-refractivity contribution in [3.05, 3.63) is 65.7 Å². The van der Waals surface area contributed by atoms with E-state index in [1.165, 1.54) is 0 Å². The molecule has 3 aromatic rings. The molecule has 1 amide bonds. The fourth-order valence-corrected chi connectivity index (χ4v) is 2.38. The Kier molecular flexibility index (Phi) is 5.70. The molecule has 0 spiro atoms. The lowest BCUT2D eigenvalue weighted by molar-refractivity contribution is -0.116. The molecular formula is C19H21N3O4. The average Bonchev–Trinajstić information content (AvgIpc) is 3.27. The van der Waals surface area contributed by atoms with Gasteiger partial charge in [0, 0.05) is 11.8 Å². The first-order chi connectivity index (χ1) is 12.6. The maximum atomic E-state index is 12.2. The van der Waals surface area contributed by atoms with Gasteiger partial charge in [0.2, 0.25) is 11.8 Å². The van der Waals surface area contributed by atoms with Crippen LogP contribution in [0.4, 0.5) is 11.6 Å². The van der Waals surface area contributed by atoms with Crippen molar-refractivity contribution >= 4 is 17.5 Å². The summed E-state index contributed by atoms with van der Waals surface area (Å²) in [6.07, 6.45) is 1.62. The van der Waals surface area contributed by atoms with Gasteiger partial charge in [-0.1, -0.05) is 17.3 Å². The summed E-state index contributed by atoms with van der Waals surface area (Å²) in [7, 11) is 0. The van der Waals surface area contributed by atoms with Crippen molar-refractivity contribution < 1.29 is 18.5 Å². The van der Waals surface area contributed by atoms with Crippen LogP contribution in [0.15, 0.2) is 57.7 Å². The summed E-state index contributed by atoms with van der Waals surface area (Å²) in [5.74, 6) is 0.911. The molecule has 0 unspecified atom stereocenters. The number of nitrogens with zero attached hydrogens (tertiary/aromatic N) is 1. The molecule has 2 heterocycles. The third-order valence-electron chi connectivity index (χ3n) is 3.67. The maximum Gasteiger partial charge on any atom is 0.248 e. The third kappa shape index (κ3) is 4.97. The highest BCUT2D eigenvalue weighted by Crippen LogP contribution is 2.15. The lowest BCUT2D eigenvalue weighted by Gasteiger charge is -2.15. The number of furan rings is 1. The predicted octanol–water partition coefficient (Wildman–Crippen LogP) is 3.73. The SMILES string of the molecule is Cc1cc(NC(=O)[C@H](C)Nc2cccc(COCc3ccco3)c2)on1. The van der Waals surface area contributed by atoms with Crippen molar-refractivity contribution in [3.63, 3.8) is 0 Å². The normalized spacial score (nSPS) is 11.9. The molecule has 136 valence electrons. The summed E-state index contributed by atoms with van der Waals surface area (Å²) in [5, 5.41) is 9.59. The Morgan fingerprint density at radius 2 is 2.12 bits per heavy atom. The Bertz CT molecular complexity index is 842. The standard InChI is InChI=1S/C19H21N3O4/c1-13-9-18(26-22-13)21-19(23)14(2)20-16-6-3-5-15(10-16)11-24-12-17-7-4-8-25-17/h3-10,14,20H,11-12H2,1-2H3,(H,21,23)/t14-/m0/s1. The van der Waals surface area contributed by atoms with Crippen LogP contribution in [0.5, 0.6) is 0 Å². The van der Waals surface area contributed by atoms with Gasteiger partial charge in [0.05, 0.1) is 18.6 Å². The van der Waals surface area contributed by atoms with Crippen LogP contribution in [0.25, 0.3) is 0 Å². The van der Waals surface area contributed by atoms with Gasteiger partial charge in [-0.15, -0.1) is 0 Å². The molecule has 0 fully saturated rings. The summed E-state index contributed by atoms with van der Waals surface area (Å²) in [6.45, 7) is 4.44. The van der Waals surface area contributed by atoms with E-state index in [0.717, 1.165) is 17.0 Å². The average molecular weight is 355 g/mol. The first-order valence-corrected chi connectivity index (χ1v) is 8.30. The number of ether oxygens (including phenoxy) is 1. The van der Waals surface area contributed by atoms with E-state index in [2.05, 4.69) is 15.8 Å².